The molecule has 3 rings (SSSR count). The molecule has 21 heavy (non-hydrogen) atoms. The number of hydrogen-bond acceptors (Lipinski definition) is 4. The minimum absolute atomic E-state index is 0.0169. The van der Waals surface area contributed by atoms with E-state index in [2.05, 4.69) is 21.4 Å². The molecule has 2 aromatic heterocycles. The first kappa shape index (κ1) is 13.9. The Morgan fingerprint density at radius 3 is 2.86 bits per heavy atom. The van der Waals surface area contributed by atoms with Crippen LogP contribution in [0.3, 0.4) is 0 Å². The maximum Gasteiger partial charge on any atom is 0.259 e. The van der Waals surface area contributed by atoms with E-state index in [0.717, 1.165) is 30.8 Å². The van der Waals surface area contributed by atoms with E-state index in [1.54, 1.807) is 6.92 Å². The van der Waals surface area contributed by atoms with Crippen LogP contribution in [-0.2, 0) is 0 Å². The van der Waals surface area contributed by atoms with Crippen LogP contribution < -0.4 is 0 Å². The maximum absolute atomic E-state index is 12.7. The summed E-state index contributed by atoms with van der Waals surface area (Å²) in [4.78, 5) is 14.6. The average molecular weight is 288 g/mol. The van der Waals surface area contributed by atoms with Gasteiger partial charge in [-0.15, -0.1) is 0 Å². The average Bonchev–Trinajstić information content (AvgIpc) is 3.05. The summed E-state index contributed by atoms with van der Waals surface area (Å²) in [7, 11) is 0. The lowest BCUT2D eigenvalue weighted by Gasteiger charge is -2.32. The Labute approximate surface area is 123 Å². The van der Waals surface area contributed by atoms with Gasteiger partial charge in [-0.1, -0.05) is 5.16 Å². The molecule has 1 atom stereocenters. The number of carbonyl (C=O) groups is 1. The third-order valence-electron chi connectivity index (χ3n) is 4.10. The van der Waals surface area contributed by atoms with Gasteiger partial charge in [-0.05, 0) is 39.7 Å². The second-order valence-electron chi connectivity index (χ2n) is 5.77. The van der Waals surface area contributed by atoms with Crippen molar-refractivity contribution in [2.75, 3.05) is 13.1 Å². The molecule has 0 radical (unpaired) electrons. The second kappa shape index (κ2) is 5.35. The first-order chi connectivity index (χ1) is 10.1. The molecule has 0 saturated carbocycles. The first-order valence-electron chi connectivity index (χ1n) is 7.30. The highest BCUT2D eigenvalue weighted by Crippen LogP contribution is 2.27. The van der Waals surface area contributed by atoms with Crippen molar-refractivity contribution in [3.8, 4) is 0 Å². The van der Waals surface area contributed by atoms with Gasteiger partial charge in [0, 0.05) is 24.7 Å². The molecule has 1 fully saturated rings. The Hall–Kier alpha value is -2.11. The molecule has 1 aliphatic heterocycles. The van der Waals surface area contributed by atoms with Crippen LogP contribution in [0.1, 0.15) is 52.0 Å². The van der Waals surface area contributed by atoms with Crippen molar-refractivity contribution in [3.63, 3.8) is 0 Å². The lowest BCUT2D eigenvalue weighted by Crippen LogP contribution is -2.39. The van der Waals surface area contributed by atoms with Crippen molar-refractivity contribution in [1.82, 2.24) is 20.3 Å². The minimum Gasteiger partial charge on any atom is -0.361 e. The molecule has 0 aromatic carbocycles. The number of aromatic nitrogens is 3. The van der Waals surface area contributed by atoms with Crippen LogP contribution in [0.4, 0.5) is 0 Å². The molecule has 0 aliphatic carbocycles. The summed E-state index contributed by atoms with van der Waals surface area (Å²) >= 11 is 0. The molecule has 6 nitrogen and oxygen atoms in total. The number of rotatable bonds is 2. The number of H-pyrrole nitrogens is 1. The number of aryl methyl sites for hydroxylation is 3. The van der Waals surface area contributed by atoms with Gasteiger partial charge in [0.1, 0.15) is 11.3 Å². The summed E-state index contributed by atoms with van der Waals surface area (Å²) in [6, 6.07) is 2.06. The number of likely N-dealkylation sites (tertiary alicyclic amines) is 1. The Morgan fingerprint density at radius 2 is 2.24 bits per heavy atom. The fourth-order valence-electron chi connectivity index (χ4n) is 3.00. The number of aromatic amines is 1. The van der Waals surface area contributed by atoms with Gasteiger partial charge in [-0.2, -0.15) is 5.10 Å². The molecule has 1 saturated heterocycles. The number of amides is 1. The summed E-state index contributed by atoms with van der Waals surface area (Å²) in [6.07, 6.45) is 2.06. The van der Waals surface area contributed by atoms with Gasteiger partial charge in [0.25, 0.3) is 5.91 Å². The highest BCUT2D eigenvalue weighted by atomic mass is 16.5. The number of nitrogens with zero attached hydrogens (tertiary/aromatic N) is 3. The Kier molecular flexibility index (Phi) is 3.53. The van der Waals surface area contributed by atoms with Gasteiger partial charge < -0.3 is 9.42 Å². The van der Waals surface area contributed by atoms with E-state index >= 15 is 0 Å². The smallest absolute Gasteiger partial charge is 0.259 e. The SMILES string of the molecule is Cc1cc([C@H]2CCCN(C(=O)c3c(C)noc3C)C2)n[nH]1. The zero-order valence-corrected chi connectivity index (χ0v) is 12.6. The van der Waals surface area contributed by atoms with Gasteiger partial charge in [-0.3, -0.25) is 9.89 Å². The predicted molar refractivity (Wildman–Crippen MR) is 77.2 cm³/mol. The minimum atomic E-state index is 0.0169. The van der Waals surface area contributed by atoms with E-state index < -0.39 is 0 Å². The molecular weight excluding hydrogens is 268 g/mol. The Balaban J connectivity index is 1.78. The predicted octanol–water partition coefficient (Wildman–Crippen LogP) is 2.34. The fourth-order valence-corrected chi connectivity index (χ4v) is 3.00. The van der Waals surface area contributed by atoms with Crippen molar-refractivity contribution in [2.45, 2.75) is 39.5 Å². The molecule has 6 heteroatoms. The van der Waals surface area contributed by atoms with E-state index in [1.165, 1.54) is 0 Å². The molecular formula is C15H20N4O2. The first-order valence-corrected chi connectivity index (χ1v) is 7.30. The molecule has 2 aromatic rings. The highest BCUT2D eigenvalue weighted by Gasteiger charge is 2.29. The van der Waals surface area contributed by atoms with Gasteiger partial charge in [0.15, 0.2) is 0 Å². The van der Waals surface area contributed by atoms with Crippen LogP contribution in [0.5, 0.6) is 0 Å². The van der Waals surface area contributed by atoms with Crippen molar-refractivity contribution < 1.29 is 9.32 Å². The monoisotopic (exact) mass is 288 g/mol. The van der Waals surface area contributed by atoms with E-state index in [9.17, 15) is 4.79 Å². The summed E-state index contributed by atoms with van der Waals surface area (Å²) in [5.41, 5.74) is 3.37. The number of piperidine rings is 1. The zero-order chi connectivity index (χ0) is 15.0. The van der Waals surface area contributed by atoms with Crippen LogP contribution in [0.25, 0.3) is 0 Å². The lowest BCUT2D eigenvalue weighted by atomic mass is 9.94. The Bertz CT molecular complexity index is 639. The van der Waals surface area contributed by atoms with Crippen LogP contribution in [0.2, 0.25) is 0 Å². The molecule has 0 bridgehead atoms. The van der Waals surface area contributed by atoms with Crippen molar-refractivity contribution in [2.24, 2.45) is 0 Å². The van der Waals surface area contributed by atoms with Gasteiger partial charge in [-0.25, -0.2) is 0 Å². The van der Waals surface area contributed by atoms with Crippen molar-refractivity contribution in [3.05, 3.63) is 34.5 Å². The molecule has 0 unspecified atom stereocenters. The number of carbonyl (C=O) groups excluding carboxylic acids is 1. The number of nitrogens with one attached hydrogen (secondary N) is 1. The quantitative estimate of drug-likeness (QED) is 0.920. The molecule has 1 N–H and O–H groups in total. The zero-order valence-electron chi connectivity index (χ0n) is 12.6. The summed E-state index contributed by atoms with van der Waals surface area (Å²) in [6.45, 7) is 7.07. The van der Waals surface area contributed by atoms with Crippen LogP contribution in [-0.4, -0.2) is 39.3 Å². The number of hydrogen-bond donors (Lipinski definition) is 1. The largest absolute Gasteiger partial charge is 0.361 e. The van der Waals surface area contributed by atoms with Gasteiger partial charge in [0.2, 0.25) is 0 Å². The van der Waals surface area contributed by atoms with E-state index in [-0.39, 0.29) is 5.91 Å². The normalized spacial score (nSPS) is 19.0. The standard InChI is InChI=1S/C15H20N4O2/c1-9-7-13(17-16-9)12-5-4-6-19(8-12)15(20)14-10(2)18-21-11(14)3/h7,12H,4-6,8H2,1-3H3,(H,16,17)/t12-/m0/s1. The van der Waals surface area contributed by atoms with Crippen LogP contribution >= 0.6 is 0 Å². The topological polar surface area (TPSA) is 75.0 Å². The van der Waals surface area contributed by atoms with Crippen molar-refractivity contribution >= 4 is 5.91 Å². The van der Waals surface area contributed by atoms with Crippen LogP contribution in [0.15, 0.2) is 10.6 Å². The summed E-state index contributed by atoms with van der Waals surface area (Å²) in [5, 5.41) is 11.2. The molecule has 1 aliphatic rings. The second-order valence-corrected chi connectivity index (χ2v) is 5.77. The Morgan fingerprint density at radius 1 is 1.43 bits per heavy atom. The summed E-state index contributed by atoms with van der Waals surface area (Å²) < 4.78 is 5.11. The van der Waals surface area contributed by atoms with E-state index in [0.29, 0.717) is 29.5 Å². The lowest BCUT2D eigenvalue weighted by molar-refractivity contribution is 0.0703. The summed E-state index contributed by atoms with van der Waals surface area (Å²) in [5.74, 6) is 0.909. The molecule has 3 heterocycles. The highest BCUT2D eigenvalue weighted by molar-refractivity contribution is 5.96. The third kappa shape index (κ3) is 2.57. The molecule has 112 valence electrons. The van der Waals surface area contributed by atoms with Gasteiger partial charge >= 0.3 is 0 Å². The fraction of sp³-hybridized carbons (Fsp3) is 0.533. The van der Waals surface area contributed by atoms with E-state index in [4.69, 9.17) is 4.52 Å². The molecule has 1 amide bonds. The van der Waals surface area contributed by atoms with Gasteiger partial charge in [0.05, 0.1) is 11.4 Å². The maximum atomic E-state index is 12.7. The van der Waals surface area contributed by atoms with Crippen molar-refractivity contribution in [1.29, 1.82) is 0 Å². The van der Waals surface area contributed by atoms with E-state index in [1.807, 2.05) is 18.7 Å². The third-order valence-corrected chi connectivity index (χ3v) is 4.10. The molecule has 0 spiro atoms. The van der Waals surface area contributed by atoms with Crippen LogP contribution in [0, 0.1) is 20.8 Å².